The molecule has 7 heteroatoms. The van der Waals surface area contributed by atoms with Crippen molar-refractivity contribution < 1.29 is 30.2 Å². The van der Waals surface area contributed by atoms with Gasteiger partial charge in [0.15, 0.2) is 0 Å². The van der Waals surface area contributed by atoms with Crippen molar-refractivity contribution in [1.29, 1.82) is 0 Å². The third kappa shape index (κ3) is 6.11. The molecular weight excluding hydrogens is 791 g/mol. The summed E-state index contributed by atoms with van der Waals surface area (Å²) in [6.45, 7) is 8.59. The molecule has 2 aromatic heterocycles. The van der Waals surface area contributed by atoms with Crippen molar-refractivity contribution in [3.8, 4) is 17.3 Å². The number of anilines is 4. The molecule has 7 aromatic rings. The van der Waals surface area contributed by atoms with Crippen LogP contribution in [0.2, 0.25) is 0 Å². The summed E-state index contributed by atoms with van der Waals surface area (Å²) in [5.74, 6) is 2.18. The van der Waals surface area contributed by atoms with Crippen LogP contribution >= 0.6 is 0 Å². The standard InChI is InChI=1S/C42H34FN4O.Pt/c1-4-9-29-22-33(46-27-45(32-16-14-31(43)15-17-32)39-12-7-8-13-40(39)46)25-35(23-29)48-34-18-19-37-36-10-5-6-11-38(36)47(41(37)26-34)42-24-30(28(2)3)20-21-44-42;/h5-8,10-24,27-28H,4,9H2,1-3H3;/q-3;. The Labute approximate surface area is 300 Å². The van der Waals surface area contributed by atoms with Gasteiger partial charge < -0.3 is 19.1 Å². The number of aryl methyl sites for hydroxylation is 1. The van der Waals surface area contributed by atoms with E-state index in [9.17, 15) is 4.39 Å². The van der Waals surface area contributed by atoms with E-state index in [0.29, 0.717) is 17.4 Å². The van der Waals surface area contributed by atoms with Gasteiger partial charge in [-0.2, -0.15) is 11.6 Å². The second kappa shape index (κ2) is 13.5. The molecule has 0 spiro atoms. The maximum atomic E-state index is 13.8. The van der Waals surface area contributed by atoms with E-state index in [-0.39, 0.29) is 26.9 Å². The van der Waals surface area contributed by atoms with Gasteiger partial charge >= 0.3 is 0 Å². The molecule has 0 bridgehead atoms. The van der Waals surface area contributed by atoms with Crippen molar-refractivity contribution in [1.82, 2.24) is 9.55 Å². The minimum Gasteiger partial charge on any atom is -0.509 e. The number of hydrogen-bond donors (Lipinski definition) is 0. The normalized spacial score (nSPS) is 12.5. The van der Waals surface area contributed by atoms with Crippen LogP contribution in [0.15, 0.2) is 115 Å². The second-order valence-electron chi connectivity index (χ2n) is 12.5. The van der Waals surface area contributed by atoms with Crippen LogP contribution in [-0.4, -0.2) is 9.55 Å². The van der Waals surface area contributed by atoms with Gasteiger partial charge in [-0.3, -0.25) is 0 Å². The van der Waals surface area contributed by atoms with Crippen LogP contribution in [0.5, 0.6) is 11.5 Å². The Bertz CT molecular complexity index is 2280. The number of para-hydroxylation sites is 3. The van der Waals surface area contributed by atoms with E-state index < -0.39 is 0 Å². The minimum absolute atomic E-state index is 0. The molecule has 0 unspecified atom stereocenters. The maximum Gasteiger partial charge on any atom is 0.135 e. The van der Waals surface area contributed by atoms with E-state index in [0.717, 1.165) is 68.8 Å². The number of rotatable bonds is 8. The van der Waals surface area contributed by atoms with Crippen LogP contribution in [-0.2, 0) is 27.5 Å². The number of aromatic nitrogens is 2. The van der Waals surface area contributed by atoms with Crippen molar-refractivity contribution in [3.63, 3.8) is 0 Å². The molecule has 0 N–H and O–H groups in total. The summed E-state index contributed by atoms with van der Waals surface area (Å²) in [7, 11) is 0. The van der Waals surface area contributed by atoms with E-state index in [2.05, 4.69) is 114 Å². The summed E-state index contributed by atoms with van der Waals surface area (Å²) < 4.78 is 22.5. The molecule has 0 aliphatic carbocycles. The number of ether oxygens (including phenoxy) is 1. The number of nitrogens with zero attached hydrogens (tertiary/aromatic N) is 4. The summed E-state index contributed by atoms with van der Waals surface area (Å²) in [4.78, 5) is 8.96. The predicted molar refractivity (Wildman–Crippen MR) is 192 cm³/mol. The van der Waals surface area contributed by atoms with Crippen molar-refractivity contribution >= 4 is 44.6 Å². The van der Waals surface area contributed by atoms with Crippen LogP contribution in [0.1, 0.15) is 44.2 Å². The van der Waals surface area contributed by atoms with Gasteiger partial charge in [0, 0.05) is 61.3 Å². The Balaban J connectivity index is 0.00000378. The van der Waals surface area contributed by atoms with E-state index in [1.54, 1.807) is 12.1 Å². The molecule has 0 saturated carbocycles. The van der Waals surface area contributed by atoms with Crippen LogP contribution in [0.25, 0.3) is 27.6 Å². The van der Waals surface area contributed by atoms with E-state index in [1.165, 1.54) is 17.7 Å². The summed E-state index contributed by atoms with van der Waals surface area (Å²) in [6.07, 6.45) is 3.77. The molecular formula is C42H34FN4OPt-3. The quantitative estimate of drug-likeness (QED) is 0.143. The van der Waals surface area contributed by atoms with Gasteiger partial charge in [-0.05, 0) is 71.5 Å². The first-order valence-corrected chi connectivity index (χ1v) is 16.4. The molecule has 8 rings (SSSR count). The third-order valence-electron chi connectivity index (χ3n) is 8.87. The van der Waals surface area contributed by atoms with E-state index >= 15 is 0 Å². The van der Waals surface area contributed by atoms with Crippen molar-refractivity contribution in [3.05, 3.63) is 151 Å². The van der Waals surface area contributed by atoms with Gasteiger partial charge in [-0.15, -0.1) is 48.1 Å². The smallest absolute Gasteiger partial charge is 0.135 e. The zero-order valence-electron chi connectivity index (χ0n) is 27.4. The molecule has 0 saturated heterocycles. The number of hydrogen-bond acceptors (Lipinski definition) is 4. The van der Waals surface area contributed by atoms with Crippen LogP contribution in [0.3, 0.4) is 0 Å². The molecule has 0 atom stereocenters. The zero-order valence-corrected chi connectivity index (χ0v) is 29.7. The Morgan fingerprint density at radius 3 is 2.33 bits per heavy atom. The third-order valence-corrected chi connectivity index (χ3v) is 8.87. The van der Waals surface area contributed by atoms with E-state index in [4.69, 9.17) is 9.72 Å². The summed E-state index contributed by atoms with van der Waals surface area (Å²) in [6, 6.07) is 42.8. The average Bonchev–Trinajstić information content (AvgIpc) is 3.65. The number of pyridine rings is 1. The van der Waals surface area contributed by atoms with Crippen LogP contribution < -0.4 is 14.5 Å². The van der Waals surface area contributed by atoms with Gasteiger partial charge in [0.1, 0.15) is 11.6 Å². The summed E-state index contributed by atoms with van der Waals surface area (Å²) in [5.41, 5.74) is 8.10. The fourth-order valence-corrected chi connectivity index (χ4v) is 6.52. The fourth-order valence-electron chi connectivity index (χ4n) is 6.52. The molecule has 49 heavy (non-hydrogen) atoms. The first-order chi connectivity index (χ1) is 23.5. The molecule has 0 radical (unpaired) electrons. The van der Waals surface area contributed by atoms with E-state index in [1.807, 2.05) is 31.1 Å². The minimum atomic E-state index is -0.263. The van der Waals surface area contributed by atoms with Crippen molar-refractivity contribution in [2.75, 3.05) is 9.80 Å². The number of benzene rings is 5. The molecule has 0 fully saturated rings. The largest absolute Gasteiger partial charge is 0.509 e. The summed E-state index contributed by atoms with van der Waals surface area (Å²) in [5, 5.41) is 2.23. The number of fused-ring (bicyclic) bond motifs is 4. The maximum absolute atomic E-state index is 13.8. The first-order valence-electron chi connectivity index (χ1n) is 16.4. The van der Waals surface area contributed by atoms with Gasteiger partial charge in [0.05, 0.1) is 0 Å². The van der Waals surface area contributed by atoms with Gasteiger partial charge in [-0.1, -0.05) is 69.5 Å². The number of halogens is 1. The zero-order chi connectivity index (χ0) is 32.8. The molecule has 1 aliphatic heterocycles. The molecule has 3 heterocycles. The fraction of sp³-hybridized carbons (Fsp3) is 0.143. The molecule has 248 valence electrons. The van der Waals surface area contributed by atoms with Gasteiger partial charge in [0.2, 0.25) is 0 Å². The first kappa shape index (κ1) is 32.6. The summed E-state index contributed by atoms with van der Waals surface area (Å²) >= 11 is 0. The average molecular weight is 825 g/mol. The van der Waals surface area contributed by atoms with Crippen LogP contribution in [0.4, 0.5) is 27.1 Å². The Morgan fingerprint density at radius 1 is 0.796 bits per heavy atom. The molecule has 0 amide bonds. The van der Waals surface area contributed by atoms with Gasteiger partial charge in [-0.25, -0.2) is 9.37 Å². The SMILES string of the molecule is CCCc1cc(Oc2[c-]c3c(cc2)c2ccccc2n3-c2cc(C(C)C)ccn2)[c-]c(N2[CH-]N(c3ccc(F)cc3)c3ccccc32)c1.[Pt]. The van der Waals surface area contributed by atoms with Crippen molar-refractivity contribution in [2.24, 2.45) is 0 Å². The Morgan fingerprint density at radius 2 is 1.55 bits per heavy atom. The van der Waals surface area contributed by atoms with Crippen LogP contribution in [0, 0.1) is 24.6 Å². The van der Waals surface area contributed by atoms with Gasteiger partial charge in [0.25, 0.3) is 0 Å². The molecule has 5 nitrogen and oxygen atoms in total. The van der Waals surface area contributed by atoms with Crippen molar-refractivity contribution in [2.45, 2.75) is 39.5 Å². The second-order valence-corrected chi connectivity index (χ2v) is 12.5. The molecule has 1 aliphatic rings. The Kier molecular flexibility index (Phi) is 9.00. The monoisotopic (exact) mass is 824 g/mol. The Hall–Kier alpha value is -4.93. The predicted octanol–water partition coefficient (Wildman–Crippen LogP) is 11.2. The topological polar surface area (TPSA) is 33.5 Å². The molecule has 5 aromatic carbocycles.